The summed E-state index contributed by atoms with van der Waals surface area (Å²) in [5.74, 6) is 2.84. The quantitative estimate of drug-likeness (QED) is 0.660. The van der Waals surface area contributed by atoms with Crippen molar-refractivity contribution in [3.8, 4) is 0 Å². The number of nitrogens with one attached hydrogen (secondary N) is 1. The van der Waals surface area contributed by atoms with E-state index in [-0.39, 0.29) is 17.7 Å². The van der Waals surface area contributed by atoms with Crippen LogP contribution in [0.5, 0.6) is 0 Å². The number of hydrogen-bond donors (Lipinski definition) is 1. The lowest BCUT2D eigenvalue weighted by Gasteiger charge is -2.33. The third-order valence-electron chi connectivity index (χ3n) is 6.80. The van der Waals surface area contributed by atoms with Gasteiger partial charge in [0.15, 0.2) is 0 Å². The fraction of sp³-hybridized carbons (Fsp3) is 0.480. The number of aryl methyl sites for hydroxylation is 2. The maximum atomic E-state index is 13.1. The molecule has 2 aliphatic heterocycles. The van der Waals surface area contributed by atoms with Crippen molar-refractivity contribution in [2.75, 3.05) is 24.5 Å². The number of benzene rings is 1. The van der Waals surface area contributed by atoms with Crippen LogP contribution in [0, 0.1) is 13.8 Å². The summed E-state index contributed by atoms with van der Waals surface area (Å²) in [4.78, 5) is 46.7. The maximum Gasteiger partial charge on any atom is 0.253 e. The van der Waals surface area contributed by atoms with Crippen molar-refractivity contribution >= 4 is 28.7 Å². The van der Waals surface area contributed by atoms with Crippen LogP contribution in [0.15, 0.2) is 18.2 Å². The molecule has 2 aromatic heterocycles. The van der Waals surface area contributed by atoms with Gasteiger partial charge in [0.1, 0.15) is 17.5 Å². The first-order chi connectivity index (χ1) is 15.9. The van der Waals surface area contributed by atoms with Gasteiger partial charge < -0.3 is 9.88 Å². The Morgan fingerprint density at radius 2 is 1.91 bits per heavy atom. The van der Waals surface area contributed by atoms with Crippen LogP contribution in [0.25, 0.3) is 11.0 Å². The van der Waals surface area contributed by atoms with Gasteiger partial charge in [0, 0.05) is 48.8 Å². The van der Waals surface area contributed by atoms with E-state index >= 15 is 0 Å². The number of aromatic amines is 1. The van der Waals surface area contributed by atoms with E-state index in [2.05, 4.69) is 16.9 Å². The summed E-state index contributed by atoms with van der Waals surface area (Å²) in [6.45, 7) is 8.04. The van der Waals surface area contributed by atoms with Gasteiger partial charge in [-0.1, -0.05) is 6.92 Å². The Labute approximate surface area is 193 Å². The number of hydrogen-bond acceptors (Lipinski definition) is 5. The van der Waals surface area contributed by atoms with Gasteiger partial charge in [0.25, 0.3) is 5.91 Å². The molecule has 2 amide bonds. The number of amides is 2. The first kappa shape index (κ1) is 21.6. The van der Waals surface area contributed by atoms with Gasteiger partial charge in [-0.15, -0.1) is 0 Å². The number of H-pyrrole nitrogens is 1. The summed E-state index contributed by atoms with van der Waals surface area (Å²) in [7, 11) is 0. The zero-order valence-electron chi connectivity index (χ0n) is 19.5. The van der Waals surface area contributed by atoms with Crippen LogP contribution in [-0.4, -0.2) is 56.3 Å². The van der Waals surface area contributed by atoms with E-state index in [1.807, 2.05) is 41.8 Å². The van der Waals surface area contributed by atoms with Crippen LogP contribution in [0.2, 0.25) is 0 Å². The minimum absolute atomic E-state index is 0.0462. The molecule has 0 spiro atoms. The van der Waals surface area contributed by atoms with E-state index < -0.39 is 0 Å². The molecule has 33 heavy (non-hydrogen) atoms. The van der Waals surface area contributed by atoms with Gasteiger partial charge in [0.05, 0.1) is 11.0 Å². The third kappa shape index (κ3) is 3.98. The summed E-state index contributed by atoms with van der Waals surface area (Å²) < 4.78 is 0. The minimum Gasteiger partial charge on any atom is -0.342 e. The fourth-order valence-electron chi connectivity index (χ4n) is 5.03. The molecule has 0 saturated carbocycles. The highest BCUT2D eigenvalue weighted by Crippen LogP contribution is 2.33. The van der Waals surface area contributed by atoms with Gasteiger partial charge >= 0.3 is 0 Å². The average molecular weight is 447 g/mol. The summed E-state index contributed by atoms with van der Waals surface area (Å²) in [5.41, 5.74) is 4.52. The van der Waals surface area contributed by atoms with Crippen molar-refractivity contribution < 1.29 is 9.59 Å². The van der Waals surface area contributed by atoms with Gasteiger partial charge in [-0.3, -0.25) is 14.5 Å². The molecule has 8 nitrogen and oxygen atoms in total. The molecule has 1 N–H and O–H groups in total. The molecule has 0 bridgehead atoms. The van der Waals surface area contributed by atoms with Crippen molar-refractivity contribution in [1.82, 2.24) is 24.8 Å². The number of carbonyl (C=O) groups is 2. The normalized spacial score (nSPS) is 17.0. The Balaban J connectivity index is 1.32. The first-order valence-corrected chi connectivity index (χ1v) is 11.9. The van der Waals surface area contributed by atoms with Crippen molar-refractivity contribution in [2.24, 2.45) is 0 Å². The van der Waals surface area contributed by atoms with Crippen molar-refractivity contribution in [3.63, 3.8) is 0 Å². The fourth-order valence-corrected chi connectivity index (χ4v) is 5.03. The largest absolute Gasteiger partial charge is 0.342 e. The summed E-state index contributed by atoms with van der Waals surface area (Å²) in [6.07, 6.45) is 3.77. The number of fused-ring (bicyclic) bond motifs is 2. The third-order valence-corrected chi connectivity index (χ3v) is 6.80. The number of anilines is 1. The summed E-state index contributed by atoms with van der Waals surface area (Å²) >= 11 is 0. The van der Waals surface area contributed by atoms with Crippen LogP contribution < -0.4 is 4.90 Å². The summed E-state index contributed by atoms with van der Waals surface area (Å²) in [6, 6.07) is 5.64. The lowest BCUT2D eigenvalue weighted by molar-refractivity contribution is -0.119. The zero-order valence-corrected chi connectivity index (χ0v) is 19.5. The first-order valence-electron chi connectivity index (χ1n) is 11.9. The second-order valence-electron chi connectivity index (χ2n) is 9.14. The lowest BCUT2D eigenvalue weighted by atomic mass is 9.94. The molecule has 172 valence electrons. The smallest absolute Gasteiger partial charge is 0.253 e. The number of aromatic nitrogens is 4. The van der Waals surface area contributed by atoms with E-state index in [1.165, 1.54) is 0 Å². The zero-order chi connectivity index (χ0) is 23.1. The van der Waals surface area contributed by atoms with Gasteiger partial charge in [-0.2, -0.15) is 0 Å². The van der Waals surface area contributed by atoms with Gasteiger partial charge in [0.2, 0.25) is 5.91 Å². The minimum atomic E-state index is 0.0462. The lowest BCUT2D eigenvalue weighted by Crippen LogP contribution is -2.39. The van der Waals surface area contributed by atoms with E-state index in [9.17, 15) is 9.59 Å². The monoisotopic (exact) mass is 446 g/mol. The van der Waals surface area contributed by atoms with E-state index in [0.29, 0.717) is 38.0 Å². The van der Waals surface area contributed by atoms with Crippen LogP contribution in [0.1, 0.15) is 71.8 Å². The van der Waals surface area contributed by atoms with Gasteiger partial charge in [-0.05, 0) is 57.7 Å². The maximum absolute atomic E-state index is 13.1. The highest BCUT2D eigenvalue weighted by Gasteiger charge is 2.31. The highest BCUT2D eigenvalue weighted by atomic mass is 16.2. The summed E-state index contributed by atoms with van der Waals surface area (Å²) in [5, 5.41) is 0. The molecule has 0 radical (unpaired) electrons. The Morgan fingerprint density at radius 3 is 2.67 bits per heavy atom. The Morgan fingerprint density at radius 1 is 1.12 bits per heavy atom. The molecular weight excluding hydrogens is 416 g/mol. The van der Waals surface area contributed by atoms with Crippen molar-refractivity contribution in [2.45, 2.75) is 58.8 Å². The molecule has 0 unspecified atom stereocenters. The number of imidazole rings is 1. The Kier molecular flexibility index (Phi) is 5.60. The molecule has 4 heterocycles. The second kappa shape index (κ2) is 8.57. The van der Waals surface area contributed by atoms with Crippen LogP contribution in [0.4, 0.5) is 5.82 Å². The number of piperidine rings is 1. The van der Waals surface area contributed by atoms with Gasteiger partial charge in [-0.25, -0.2) is 15.0 Å². The Bertz CT molecular complexity index is 1230. The number of carbonyl (C=O) groups excluding carboxylic acids is 2. The number of rotatable bonds is 4. The number of likely N-dealkylation sites (tertiary alicyclic amines) is 1. The SMILES string of the molecule is CCCN1C(=O)CCc2c(C)nc(C3CCN(C(=O)c4ccc5nc(C)[nH]c5c4)CC3)nc21. The van der Waals surface area contributed by atoms with Crippen LogP contribution in [0.3, 0.4) is 0 Å². The molecule has 1 saturated heterocycles. The predicted octanol–water partition coefficient (Wildman–Crippen LogP) is 3.68. The molecular formula is C25H30N6O2. The standard InChI is InChI=1S/C25H30N6O2/c1-4-11-31-22(32)8-6-19-15(2)26-23(29-24(19)31)17-9-12-30(13-10-17)25(33)18-5-7-20-21(14-18)28-16(3)27-20/h5,7,14,17H,4,6,8-13H2,1-3H3,(H,27,28). The molecule has 8 heteroatoms. The van der Waals surface area contributed by atoms with E-state index in [1.54, 1.807) is 0 Å². The topological polar surface area (TPSA) is 95.1 Å². The molecule has 1 fully saturated rings. The highest BCUT2D eigenvalue weighted by molar-refractivity contribution is 5.97. The van der Waals surface area contributed by atoms with Crippen LogP contribution >= 0.6 is 0 Å². The Hall–Kier alpha value is -3.29. The van der Waals surface area contributed by atoms with Crippen molar-refractivity contribution in [1.29, 1.82) is 0 Å². The molecule has 0 aliphatic carbocycles. The molecule has 1 aromatic carbocycles. The number of nitrogens with zero attached hydrogens (tertiary/aromatic N) is 5. The molecule has 2 aliphatic rings. The van der Waals surface area contributed by atoms with E-state index in [4.69, 9.17) is 9.97 Å². The van der Waals surface area contributed by atoms with Crippen LogP contribution in [-0.2, 0) is 11.2 Å². The second-order valence-corrected chi connectivity index (χ2v) is 9.14. The molecule has 5 rings (SSSR count). The average Bonchev–Trinajstić information content (AvgIpc) is 3.19. The van der Waals surface area contributed by atoms with Crippen molar-refractivity contribution in [3.05, 3.63) is 46.7 Å². The predicted molar refractivity (Wildman–Crippen MR) is 126 cm³/mol. The van der Waals surface area contributed by atoms with E-state index in [0.717, 1.165) is 59.0 Å². The molecule has 3 aromatic rings. The molecule has 0 atom stereocenters.